The van der Waals surface area contributed by atoms with E-state index in [0.717, 1.165) is 52.7 Å². The van der Waals surface area contributed by atoms with Gasteiger partial charge in [-0.1, -0.05) is 20.4 Å². The molecule has 7 heterocycles. The molecule has 0 bridgehead atoms. The molecule has 4 aliphatic rings. The van der Waals surface area contributed by atoms with E-state index >= 15 is 13.2 Å². The van der Waals surface area contributed by atoms with Crippen LogP contribution in [0, 0.1) is 5.41 Å². The first kappa shape index (κ1) is 37.4. The third-order valence-corrected chi connectivity index (χ3v) is 11.1. The second-order valence-electron chi connectivity index (χ2n) is 15.7. The van der Waals surface area contributed by atoms with E-state index in [0.29, 0.717) is 49.5 Å². The number of aromatic nitrogens is 5. The summed E-state index contributed by atoms with van der Waals surface area (Å²) in [6, 6.07) is 4.99. The Hall–Kier alpha value is -5.55. The fourth-order valence-electron chi connectivity index (χ4n) is 8.31. The first-order valence-corrected chi connectivity index (χ1v) is 18.6. The maximum atomic E-state index is 15.1. The number of nitrogens with one attached hydrogen (secondary N) is 2. The van der Waals surface area contributed by atoms with Crippen molar-refractivity contribution >= 4 is 40.6 Å². The number of halogens is 3. The average molecular weight is 773 g/mol. The van der Waals surface area contributed by atoms with Crippen LogP contribution in [0.3, 0.4) is 0 Å². The molecule has 56 heavy (non-hydrogen) atoms. The maximum absolute atomic E-state index is 15.1. The number of alkyl halides is 3. The molecule has 4 aromatic rings. The number of carbonyl (C=O) groups is 2. The van der Waals surface area contributed by atoms with Crippen LogP contribution in [0.15, 0.2) is 54.2 Å². The summed E-state index contributed by atoms with van der Waals surface area (Å²) >= 11 is 0. The van der Waals surface area contributed by atoms with Gasteiger partial charge in [-0.25, -0.2) is 15.0 Å². The standard InChI is InChI=1S/C39H43F3N10O4/c1-6-31(53)46-27-14-24(17-44-34(27)50-10-9-49(18-22(50)2)25-20-56-21-25)45-33-37(55)48(5)19-28(47-33)26-7-8-43-35(32(26)39(40,41)42)52-12-11-51-29(36(52)54)13-23-15-38(3,4)16-30(23)51/h6-8,13-14,17,19,22,25H,1,9-12,15-16,18,20-21H2,2-5H3,(H,45,47)(H,46,53)/t22-/m0/s1. The predicted octanol–water partition coefficient (Wildman–Crippen LogP) is 4.62. The van der Waals surface area contributed by atoms with Gasteiger partial charge < -0.3 is 29.4 Å². The fraction of sp³-hybridized carbons (Fsp3) is 0.436. The zero-order valence-electron chi connectivity index (χ0n) is 31.6. The lowest BCUT2D eigenvalue weighted by atomic mass is 9.90. The third kappa shape index (κ3) is 6.72. The summed E-state index contributed by atoms with van der Waals surface area (Å²) < 4.78 is 53.8. The normalized spacial score (nSPS) is 19.7. The number of amides is 2. The first-order valence-electron chi connectivity index (χ1n) is 18.6. The van der Waals surface area contributed by atoms with Crippen molar-refractivity contribution in [2.24, 2.45) is 12.5 Å². The summed E-state index contributed by atoms with van der Waals surface area (Å²) in [5.41, 5.74) is 0.809. The summed E-state index contributed by atoms with van der Waals surface area (Å²) in [6.45, 7) is 13.9. The molecule has 2 saturated heterocycles. The van der Waals surface area contributed by atoms with E-state index in [1.807, 2.05) is 4.57 Å². The molecule has 14 nitrogen and oxygen atoms in total. The minimum atomic E-state index is -4.94. The molecule has 0 radical (unpaired) electrons. The molecule has 1 atom stereocenters. The second-order valence-corrected chi connectivity index (χ2v) is 15.7. The number of pyridine rings is 2. The van der Waals surface area contributed by atoms with Gasteiger partial charge in [-0.15, -0.1) is 0 Å². The Balaban J connectivity index is 1.12. The molecule has 0 aromatic carbocycles. The molecule has 3 aliphatic heterocycles. The molecule has 0 saturated carbocycles. The summed E-state index contributed by atoms with van der Waals surface area (Å²) in [6.07, 6.45) is 1.65. The number of nitrogens with zero attached hydrogens (tertiary/aromatic N) is 8. The molecule has 4 aromatic heterocycles. The minimum absolute atomic E-state index is 0.00190. The van der Waals surface area contributed by atoms with Crippen LogP contribution in [0.4, 0.5) is 42.0 Å². The van der Waals surface area contributed by atoms with Gasteiger partial charge in [0.2, 0.25) is 5.91 Å². The molecule has 2 amide bonds. The Kier molecular flexibility index (Phi) is 9.26. The third-order valence-electron chi connectivity index (χ3n) is 11.1. The second kappa shape index (κ2) is 13.9. The van der Waals surface area contributed by atoms with Crippen molar-refractivity contribution in [3.8, 4) is 11.3 Å². The predicted molar refractivity (Wildman–Crippen MR) is 204 cm³/mol. The zero-order valence-corrected chi connectivity index (χ0v) is 31.6. The van der Waals surface area contributed by atoms with Crippen LogP contribution in [0.1, 0.15) is 48.1 Å². The van der Waals surface area contributed by atoms with E-state index in [2.05, 4.69) is 62.7 Å². The van der Waals surface area contributed by atoms with Crippen LogP contribution in [0.25, 0.3) is 11.3 Å². The summed E-state index contributed by atoms with van der Waals surface area (Å²) in [5, 5.41) is 5.73. The SMILES string of the molecule is C=CC(=O)Nc1cc(Nc2nc(-c3ccnc(N4CCn5c(cc6c5CC(C)(C)C6)C4=O)c3C(F)(F)F)cn(C)c2=O)cnc1N1CCN(C2COC2)C[C@@H]1C. The molecule has 2 fully saturated rings. The Morgan fingerprint density at radius 2 is 1.86 bits per heavy atom. The van der Waals surface area contributed by atoms with Crippen LogP contribution in [0.2, 0.25) is 0 Å². The summed E-state index contributed by atoms with van der Waals surface area (Å²) in [5.74, 6) is -1.32. The van der Waals surface area contributed by atoms with Gasteiger partial charge in [-0.05, 0) is 55.0 Å². The number of hydrogen-bond acceptors (Lipinski definition) is 10. The van der Waals surface area contributed by atoms with Gasteiger partial charge in [0.05, 0.1) is 42.5 Å². The van der Waals surface area contributed by atoms with Crippen LogP contribution < -0.4 is 26.0 Å². The van der Waals surface area contributed by atoms with Crippen LogP contribution >= 0.6 is 0 Å². The van der Waals surface area contributed by atoms with Crippen molar-refractivity contribution < 1.29 is 27.5 Å². The van der Waals surface area contributed by atoms with E-state index in [1.54, 1.807) is 12.1 Å². The van der Waals surface area contributed by atoms with E-state index in [1.165, 1.54) is 31.7 Å². The van der Waals surface area contributed by atoms with Crippen molar-refractivity contribution in [1.29, 1.82) is 0 Å². The summed E-state index contributed by atoms with van der Waals surface area (Å²) in [7, 11) is 1.41. The highest BCUT2D eigenvalue weighted by atomic mass is 19.4. The zero-order chi connectivity index (χ0) is 39.7. The Bertz CT molecular complexity index is 2310. The topological polar surface area (TPSA) is 143 Å². The molecule has 0 unspecified atom stereocenters. The molecule has 0 spiro atoms. The van der Waals surface area contributed by atoms with Gasteiger partial charge in [0, 0.05) is 69.5 Å². The number of piperazine rings is 1. The van der Waals surface area contributed by atoms with E-state index in [9.17, 15) is 14.4 Å². The van der Waals surface area contributed by atoms with Gasteiger partial charge in [-0.2, -0.15) is 13.2 Å². The number of anilines is 5. The van der Waals surface area contributed by atoms with Crippen molar-refractivity contribution in [3.05, 3.63) is 82.3 Å². The van der Waals surface area contributed by atoms with Crippen molar-refractivity contribution in [2.45, 2.75) is 58.4 Å². The molecule has 17 heteroatoms. The van der Waals surface area contributed by atoms with Crippen LogP contribution in [0.5, 0.6) is 0 Å². The van der Waals surface area contributed by atoms with Crippen LogP contribution in [-0.2, 0) is 42.1 Å². The van der Waals surface area contributed by atoms with Gasteiger partial charge in [0.25, 0.3) is 11.5 Å². The van der Waals surface area contributed by atoms with E-state index < -0.39 is 34.9 Å². The van der Waals surface area contributed by atoms with Gasteiger partial charge in [0.15, 0.2) is 11.6 Å². The van der Waals surface area contributed by atoms with Gasteiger partial charge in [-0.3, -0.25) is 24.2 Å². The van der Waals surface area contributed by atoms with Crippen molar-refractivity contribution in [1.82, 2.24) is 29.0 Å². The maximum Gasteiger partial charge on any atom is 0.420 e. The number of rotatable bonds is 8. The largest absolute Gasteiger partial charge is 0.420 e. The average Bonchev–Trinajstić information content (AvgIpc) is 3.61. The fourth-order valence-corrected chi connectivity index (χ4v) is 8.31. The van der Waals surface area contributed by atoms with E-state index in [-0.39, 0.29) is 40.8 Å². The highest BCUT2D eigenvalue weighted by Gasteiger charge is 2.43. The van der Waals surface area contributed by atoms with E-state index in [4.69, 9.17) is 4.74 Å². The summed E-state index contributed by atoms with van der Waals surface area (Å²) in [4.78, 5) is 58.5. The highest BCUT2D eigenvalue weighted by Crippen LogP contribution is 2.44. The van der Waals surface area contributed by atoms with Crippen molar-refractivity contribution in [3.63, 3.8) is 0 Å². The minimum Gasteiger partial charge on any atom is -0.378 e. The smallest absolute Gasteiger partial charge is 0.378 e. The highest BCUT2D eigenvalue weighted by molar-refractivity contribution is 6.06. The molecule has 8 rings (SSSR count). The van der Waals surface area contributed by atoms with Crippen LogP contribution in [-0.4, -0.2) is 92.3 Å². The number of carbonyl (C=O) groups excluding carboxylic acids is 2. The molecular formula is C39H43F3N10O4. The number of aryl methyl sites for hydroxylation is 1. The molecular weight excluding hydrogens is 729 g/mol. The Labute approximate surface area is 321 Å². The number of ether oxygens (including phenoxy) is 1. The lowest BCUT2D eigenvalue weighted by molar-refractivity contribution is -0.136. The Morgan fingerprint density at radius 3 is 2.55 bits per heavy atom. The lowest BCUT2D eigenvalue weighted by Crippen LogP contribution is -2.59. The quantitative estimate of drug-likeness (QED) is 0.244. The monoisotopic (exact) mass is 772 g/mol. The molecule has 294 valence electrons. The molecule has 1 aliphatic carbocycles. The number of hydrogen-bond donors (Lipinski definition) is 2. The lowest BCUT2D eigenvalue weighted by Gasteiger charge is -2.46. The molecule has 2 N–H and O–H groups in total. The van der Waals surface area contributed by atoms with Crippen molar-refractivity contribution in [2.75, 3.05) is 59.8 Å². The van der Waals surface area contributed by atoms with Gasteiger partial charge in [0.1, 0.15) is 17.1 Å². The number of fused-ring (bicyclic) bond motifs is 3. The first-order chi connectivity index (χ1) is 26.6. The Morgan fingerprint density at radius 1 is 1.07 bits per heavy atom. The van der Waals surface area contributed by atoms with Gasteiger partial charge >= 0.3 is 6.18 Å².